The van der Waals surface area contributed by atoms with Gasteiger partial charge in [0.25, 0.3) is 0 Å². The fourth-order valence-electron chi connectivity index (χ4n) is 3.17. The molecule has 0 bridgehead atoms. The summed E-state index contributed by atoms with van der Waals surface area (Å²) < 4.78 is 2.18. The van der Waals surface area contributed by atoms with Crippen molar-refractivity contribution in [3.8, 4) is 0 Å². The maximum absolute atomic E-state index is 13.2. The van der Waals surface area contributed by atoms with E-state index in [4.69, 9.17) is 0 Å². The fraction of sp³-hybridized carbons (Fsp3) is 0.320. The normalized spacial score (nSPS) is 11.7. The second-order valence-electron chi connectivity index (χ2n) is 8.42. The second-order valence-corrected chi connectivity index (χ2v) is 8.42. The molecule has 2 heteroatoms. The van der Waals surface area contributed by atoms with Crippen molar-refractivity contribution in [3.63, 3.8) is 0 Å². The fourth-order valence-corrected chi connectivity index (χ4v) is 3.17. The maximum Gasteiger partial charge on any atom is 0.195 e. The van der Waals surface area contributed by atoms with Crippen LogP contribution in [0.2, 0.25) is 0 Å². The van der Waals surface area contributed by atoms with E-state index in [1.54, 1.807) is 0 Å². The molecule has 0 aliphatic heterocycles. The van der Waals surface area contributed by atoms with E-state index in [1.165, 1.54) is 5.56 Å². The van der Waals surface area contributed by atoms with Gasteiger partial charge in [0.2, 0.25) is 0 Å². The summed E-state index contributed by atoms with van der Waals surface area (Å²) in [6, 6.07) is 14.2. The Morgan fingerprint density at radius 3 is 2.33 bits per heavy atom. The average Bonchev–Trinajstić information content (AvgIpc) is 2.98. The number of aromatic nitrogens is 1. The molecular weight excluding hydrogens is 330 g/mol. The van der Waals surface area contributed by atoms with Crippen molar-refractivity contribution in [1.29, 1.82) is 0 Å². The first-order valence-corrected chi connectivity index (χ1v) is 9.62. The molecule has 1 heterocycles. The molecule has 0 aliphatic carbocycles. The molecule has 140 valence electrons. The number of benzene rings is 2. The Labute approximate surface area is 162 Å². The lowest BCUT2D eigenvalue weighted by molar-refractivity contribution is 0.104. The van der Waals surface area contributed by atoms with Crippen molar-refractivity contribution >= 4 is 16.7 Å². The molecule has 0 N–H and O–H groups in total. The highest BCUT2D eigenvalue weighted by atomic mass is 16.1. The molecule has 1 aromatic heterocycles. The van der Waals surface area contributed by atoms with Gasteiger partial charge in [-0.15, -0.1) is 0 Å². The topological polar surface area (TPSA) is 22.0 Å². The van der Waals surface area contributed by atoms with Gasteiger partial charge < -0.3 is 4.57 Å². The SMILES string of the molecule is C=C(Cn1cc(C(=O)c2ccc(C)cc2)c2ccc(CC)cc21)C(C)(C)C. The summed E-state index contributed by atoms with van der Waals surface area (Å²) in [5.74, 6) is 0.0735. The molecule has 3 rings (SSSR count). The summed E-state index contributed by atoms with van der Waals surface area (Å²) in [4.78, 5) is 13.2. The van der Waals surface area contributed by atoms with Crippen LogP contribution in [0.3, 0.4) is 0 Å². The number of rotatable bonds is 5. The van der Waals surface area contributed by atoms with E-state index < -0.39 is 0 Å². The van der Waals surface area contributed by atoms with Crippen molar-refractivity contribution in [1.82, 2.24) is 4.57 Å². The van der Waals surface area contributed by atoms with Crippen molar-refractivity contribution < 1.29 is 4.79 Å². The number of nitrogens with zero attached hydrogens (tertiary/aromatic N) is 1. The Hall–Kier alpha value is -2.61. The summed E-state index contributed by atoms with van der Waals surface area (Å²) in [5, 5.41) is 1.01. The van der Waals surface area contributed by atoms with Gasteiger partial charge in [-0.25, -0.2) is 0 Å². The first-order chi connectivity index (χ1) is 12.7. The number of ketones is 1. The lowest BCUT2D eigenvalue weighted by Crippen LogP contribution is -2.13. The highest BCUT2D eigenvalue weighted by molar-refractivity contribution is 6.16. The van der Waals surface area contributed by atoms with E-state index >= 15 is 0 Å². The van der Waals surface area contributed by atoms with Crippen LogP contribution in [0.25, 0.3) is 10.9 Å². The molecule has 3 aromatic rings. The number of hydrogen-bond acceptors (Lipinski definition) is 1. The number of hydrogen-bond donors (Lipinski definition) is 0. The lowest BCUT2D eigenvalue weighted by Gasteiger charge is -2.22. The predicted molar refractivity (Wildman–Crippen MR) is 115 cm³/mol. The van der Waals surface area contributed by atoms with E-state index in [0.717, 1.165) is 39.6 Å². The van der Waals surface area contributed by atoms with Crippen LogP contribution in [0.5, 0.6) is 0 Å². The zero-order valence-corrected chi connectivity index (χ0v) is 17.1. The van der Waals surface area contributed by atoms with Crippen LogP contribution in [0, 0.1) is 12.3 Å². The van der Waals surface area contributed by atoms with E-state index in [2.05, 4.69) is 57.0 Å². The molecule has 0 aliphatic rings. The van der Waals surface area contributed by atoms with Crippen LogP contribution in [0.15, 0.2) is 60.8 Å². The molecule has 0 fully saturated rings. The molecular formula is C25H29NO. The van der Waals surface area contributed by atoms with Crippen LogP contribution in [-0.2, 0) is 13.0 Å². The summed E-state index contributed by atoms with van der Waals surface area (Å²) in [6.07, 6.45) is 2.98. The van der Waals surface area contributed by atoms with Crippen molar-refractivity contribution in [2.45, 2.75) is 47.6 Å². The Balaban J connectivity index is 2.11. The van der Waals surface area contributed by atoms with Gasteiger partial charge >= 0.3 is 0 Å². The maximum atomic E-state index is 13.2. The number of fused-ring (bicyclic) bond motifs is 1. The van der Waals surface area contributed by atoms with Crippen molar-refractivity contribution in [2.24, 2.45) is 5.41 Å². The Bertz CT molecular complexity index is 997. The molecule has 0 atom stereocenters. The van der Waals surface area contributed by atoms with Gasteiger partial charge in [-0.05, 0) is 30.4 Å². The molecule has 2 nitrogen and oxygen atoms in total. The minimum Gasteiger partial charge on any atom is -0.343 e. The highest BCUT2D eigenvalue weighted by Crippen LogP contribution is 2.30. The zero-order valence-electron chi connectivity index (χ0n) is 17.1. The lowest BCUT2D eigenvalue weighted by atomic mass is 9.87. The Kier molecular flexibility index (Phi) is 5.10. The number of carbonyl (C=O) groups excluding carboxylic acids is 1. The molecule has 0 spiro atoms. The number of carbonyl (C=O) groups is 1. The summed E-state index contributed by atoms with van der Waals surface area (Å²) >= 11 is 0. The number of aryl methyl sites for hydroxylation is 2. The largest absolute Gasteiger partial charge is 0.343 e. The van der Waals surface area contributed by atoms with Crippen LogP contribution in [0.1, 0.15) is 54.7 Å². The van der Waals surface area contributed by atoms with Gasteiger partial charge in [0.1, 0.15) is 0 Å². The second kappa shape index (κ2) is 7.19. The van der Waals surface area contributed by atoms with E-state index in [0.29, 0.717) is 6.54 Å². The summed E-state index contributed by atoms with van der Waals surface area (Å²) in [7, 11) is 0. The molecule has 0 radical (unpaired) electrons. The molecule has 0 amide bonds. The van der Waals surface area contributed by atoms with Crippen LogP contribution < -0.4 is 0 Å². The summed E-state index contributed by atoms with van der Waals surface area (Å²) in [5.41, 5.74) is 6.21. The van der Waals surface area contributed by atoms with Gasteiger partial charge in [0, 0.05) is 34.8 Å². The highest BCUT2D eigenvalue weighted by Gasteiger charge is 2.20. The predicted octanol–water partition coefficient (Wildman–Crippen LogP) is 6.35. The molecule has 0 saturated heterocycles. The van der Waals surface area contributed by atoms with Crippen LogP contribution in [0.4, 0.5) is 0 Å². The van der Waals surface area contributed by atoms with E-state index in [1.807, 2.05) is 37.4 Å². The molecule has 2 aromatic carbocycles. The zero-order chi connectivity index (χ0) is 19.8. The summed E-state index contributed by atoms with van der Waals surface area (Å²) in [6.45, 7) is 15.7. The van der Waals surface area contributed by atoms with Crippen molar-refractivity contribution in [2.75, 3.05) is 0 Å². The van der Waals surface area contributed by atoms with E-state index in [-0.39, 0.29) is 11.2 Å². The smallest absolute Gasteiger partial charge is 0.195 e. The Morgan fingerprint density at radius 1 is 1.07 bits per heavy atom. The molecule has 27 heavy (non-hydrogen) atoms. The van der Waals surface area contributed by atoms with Crippen molar-refractivity contribution in [3.05, 3.63) is 83.1 Å². The average molecular weight is 360 g/mol. The van der Waals surface area contributed by atoms with E-state index in [9.17, 15) is 4.79 Å². The third-order valence-electron chi connectivity index (χ3n) is 5.34. The first-order valence-electron chi connectivity index (χ1n) is 9.62. The van der Waals surface area contributed by atoms with Gasteiger partial charge in [-0.2, -0.15) is 0 Å². The molecule has 0 saturated carbocycles. The van der Waals surface area contributed by atoms with Gasteiger partial charge in [-0.3, -0.25) is 4.79 Å². The first kappa shape index (κ1) is 19.2. The van der Waals surface area contributed by atoms with Gasteiger partial charge in [-0.1, -0.05) is 81.8 Å². The quantitative estimate of drug-likeness (QED) is 0.384. The van der Waals surface area contributed by atoms with Crippen LogP contribution >= 0.6 is 0 Å². The minimum atomic E-state index is 0.0279. The third kappa shape index (κ3) is 3.90. The number of allylic oxidation sites excluding steroid dienone is 1. The third-order valence-corrected chi connectivity index (χ3v) is 5.34. The molecule has 0 unspecified atom stereocenters. The minimum absolute atomic E-state index is 0.0279. The monoisotopic (exact) mass is 359 g/mol. The van der Waals surface area contributed by atoms with Crippen LogP contribution in [-0.4, -0.2) is 10.4 Å². The standard InChI is InChI=1S/C25H29NO/c1-7-19-10-13-21-22(24(27)20-11-8-17(2)9-12-20)16-26(23(21)14-19)15-18(3)25(4,5)6/h8-14,16H,3,7,15H2,1-2,4-6H3. The van der Waals surface area contributed by atoms with Gasteiger partial charge in [0.15, 0.2) is 5.78 Å². The Morgan fingerprint density at radius 2 is 1.74 bits per heavy atom. The van der Waals surface area contributed by atoms with Gasteiger partial charge in [0.05, 0.1) is 0 Å².